The Labute approximate surface area is 197 Å². The lowest BCUT2D eigenvalue weighted by Gasteiger charge is -2.10. The molecule has 1 heterocycles. The van der Waals surface area contributed by atoms with Crippen molar-refractivity contribution in [1.82, 2.24) is 9.97 Å². The molecule has 0 aliphatic heterocycles. The summed E-state index contributed by atoms with van der Waals surface area (Å²) < 4.78 is 10.6. The highest BCUT2D eigenvalue weighted by atomic mass is 35.5. The second kappa shape index (κ2) is 15.0. The van der Waals surface area contributed by atoms with Crippen molar-refractivity contribution in [3.05, 3.63) is 55.4 Å². The summed E-state index contributed by atoms with van der Waals surface area (Å²) in [6, 6.07) is 5.29. The van der Waals surface area contributed by atoms with Gasteiger partial charge in [-0.1, -0.05) is 42.1 Å². The molecule has 1 aromatic carbocycles. The van der Waals surface area contributed by atoms with Crippen LogP contribution in [0.1, 0.15) is 42.5 Å². The average Bonchev–Trinajstić information content (AvgIpc) is 2.79. The molecular formula is C22H30Cl2N4O4. The van der Waals surface area contributed by atoms with Crippen LogP contribution in [0.25, 0.3) is 0 Å². The Bertz CT molecular complexity index is 908. The third-order valence-electron chi connectivity index (χ3n) is 4.70. The predicted molar refractivity (Wildman–Crippen MR) is 127 cm³/mol. The van der Waals surface area contributed by atoms with E-state index in [1.807, 2.05) is 6.07 Å². The summed E-state index contributed by atoms with van der Waals surface area (Å²) in [4.78, 5) is 19.6. The van der Waals surface area contributed by atoms with Crippen molar-refractivity contribution in [1.29, 1.82) is 5.41 Å². The molecule has 0 radical (unpaired) electrons. The highest BCUT2D eigenvalue weighted by molar-refractivity contribution is 6.42. The molecule has 2 rings (SSSR count). The van der Waals surface area contributed by atoms with E-state index in [2.05, 4.69) is 15.3 Å². The lowest BCUT2D eigenvalue weighted by Crippen LogP contribution is -2.20. The number of ether oxygens (including phenoxy) is 2. The van der Waals surface area contributed by atoms with E-state index in [0.717, 1.165) is 37.5 Å². The molecule has 32 heavy (non-hydrogen) atoms. The zero-order chi connectivity index (χ0) is 23.2. The summed E-state index contributed by atoms with van der Waals surface area (Å²) in [5.41, 5.74) is 1.56. The monoisotopic (exact) mass is 484 g/mol. The number of unbranched alkanes of at least 4 members (excludes halogenated alkanes) is 3. The van der Waals surface area contributed by atoms with Gasteiger partial charge < -0.3 is 25.3 Å². The second-order valence-electron chi connectivity index (χ2n) is 7.14. The molecule has 0 bridgehead atoms. The Balaban J connectivity index is 1.75. The van der Waals surface area contributed by atoms with Gasteiger partial charge in [0, 0.05) is 24.9 Å². The van der Waals surface area contributed by atoms with Crippen LogP contribution in [0.5, 0.6) is 0 Å². The quantitative estimate of drug-likeness (QED) is 0.212. The normalized spacial score (nSPS) is 11.0. The van der Waals surface area contributed by atoms with Crippen molar-refractivity contribution in [2.45, 2.75) is 38.6 Å². The maximum Gasteiger partial charge on any atom is 0.256 e. The van der Waals surface area contributed by atoms with Crippen molar-refractivity contribution in [2.75, 3.05) is 38.4 Å². The number of aromatic nitrogens is 2. The number of rotatable bonds is 16. The van der Waals surface area contributed by atoms with E-state index in [0.29, 0.717) is 66.6 Å². The smallest absolute Gasteiger partial charge is 0.256 e. The maximum absolute atomic E-state index is 12.5. The summed E-state index contributed by atoms with van der Waals surface area (Å²) in [7, 11) is 0. The van der Waals surface area contributed by atoms with Crippen LogP contribution in [0.15, 0.2) is 23.0 Å². The summed E-state index contributed by atoms with van der Waals surface area (Å²) in [5, 5.41) is 20.2. The second-order valence-corrected chi connectivity index (χ2v) is 7.95. The zero-order valence-electron chi connectivity index (χ0n) is 18.0. The van der Waals surface area contributed by atoms with Gasteiger partial charge in [0.05, 0.1) is 42.2 Å². The molecule has 0 unspecified atom stereocenters. The molecule has 0 amide bonds. The standard InChI is InChI=1S/C22H30Cl2N4O4/c23-18-7-6-16(13-19(18)24)15-26-22-27-20(14-25)17(21(30)28-22)5-3-1-2-4-9-31-11-12-32-10-8-29/h6-7,13-14,25,29H,1-5,8-12,15H2,(H2,26,27,28,30). The largest absolute Gasteiger partial charge is 0.394 e. The van der Waals surface area contributed by atoms with E-state index < -0.39 is 0 Å². The first-order chi connectivity index (χ1) is 15.5. The maximum atomic E-state index is 12.5. The molecule has 4 N–H and O–H groups in total. The zero-order valence-corrected chi connectivity index (χ0v) is 19.5. The molecule has 10 heteroatoms. The lowest BCUT2D eigenvalue weighted by atomic mass is 10.1. The Hall–Kier alpha value is -1.97. The molecule has 176 valence electrons. The Morgan fingerprint density at radius 1 is 1.06 bits per heavy atom. The number of hydrogen-bond donors (Lipinski definition) is 4. The Kier molecular flexibility index (Phi) is 12.3. The minimum absolute atomic E-state index is 0.0238. The summed E-state index contributed by atoms with van der Waals surface area (Å²) >= 11 is 12.0. The van der Waals surface area contributed by atoms with Crippen LogP contribution in [0.4, 0.5) is 5.95 Å². The van der Waals surface area contributed by atoms with Crippen LogP contribution in [-0.4, -0.2) is 54.3 Å². The van der Waals surface area contributed by atoms with Gasteiger partial charge >= 0.3 is 0 Å². The van der Waals surface area contributed by atoms with Crippen molar-refractivity contribution >= 4 is 35.4 Å². The van der Waals surface area contributed by atoms with Gasteiger partial charge in [-0.3, -0.25) is 9.78 Å². The Morgan fingerprint density at radius 3 is 2.53 bits per heavy atom. The average molecular weight is 485 g/mol. The van der Waals surface area contributed by atoms with Crippen molar-refractivity contribution in [3.8, 4) is 0 Å². The van der Waals surface area contributed by atoms with E-state index >= 15 is 0 Å². The molecule has 0 aliphatic carbocycles. The molecule has 1 aromatic heterocycles. The first kappa shape index (κ1) is 26.3. The van der Waals surface area contributed by atoms with Crippen LogP contribution in [-0.2, 0) is 22.4 Å². The van der Waals surface area contributed by atoms with Gasteiger partial charge in [-0.05, 0) is 37.0 Å². The number of nitrogens with one attached hydrogen (secondary N) is 3. The fourth-order valence-electron chi connectivity index (χ4n) is 3.04. The number of nitrogens with zero attached hydrogens (tertiary/aromatic N) is 1. The third kappa shape index (κ3) is 9.26. The number of aliphatic hydroxyl groups is 1. The number of anilines is 1. The minimum Gasteiger partial charge on any atom is -0.394 e. The molecule has 0 fully saturated rings. The van der Waals surface area contributed by atoms with Gasteiger partial charge in [-0.25, -0.2) is 4.98 Å². The minimum atomic E-state index is -0.235. The summed E-state index contributed by atoms with van der Waals surface area (Å²) in [6.45, 7) is 2.44. The molecule has 0 saturated carbocycles. The fourth-order valence-corrected chi connectivity index (χ4v) is 3.36. The van der Waals surface area contributed by atoms with E-state index in [9.17, 15) is 4.79 Å². The van der Waals surface area contributed by atoms with Gasteiger partial charge in [0.25, 0.3) is 5.56 Å². The van der Waals surface area contributed by atoms with Crippen LogP contribution in [0.2, 0.25) is 10.0 Å². The molecule has 0 spiro atoms. The molecular weight excluding hydrogens is 455 g/mol. The molecule has 0 saturated heterocycles. The molecule has 2 aromatic rings. The van der Waals surface area contributed by atoms with E-state index in [1.165, 1.54) is 0 Å². The van der Waals surface area contributed by atoms with Gasteiger partial charge in [0.1, 0.15) is 0 Å². The number of benzene rings is 1. The number of aromatic amines is 1. The summed E-state index contributed by atoms with van der Waals surface area (Å²) in [6.07, 6.45) is 5.40. The van der Waals surface area contributed by atoms with E-state index in [1.54, 1.807) is 12.1 Å². The van der Waals surface area contributed by atoms with Crippen LogP contribution < -0.4 is 10.9 Å². The van der Waals surface area contributed by atoms with Crippen molar-refractivity contribution in [2.24, 2.45) is 0 Å². The van der Waals surface area contributed by atoms with Crippen LogP contribution in [0, 0.1) is 5.41 Å². The number of H-pyrrole nitrogens is 1. The number of halogens is 2. The van der Waals surface area contributed by atoms with Crippen molar-refractivity contribution < 1.29 is 14.6 Å². The molecule has 0 atom stereocenters. The fraction of sp³-hybridized carbons (Fsp3) is 0.500. The van der Waals surface area contributed by atoms with Gasteiger partial charge in [-0.2, -0.15) is 0 Å². The first-order valence-corrected chi connectivity index (χ1v) is 11.4. The van der Waals surface area contributed by atoms with Crippen molar-refractivity contribution in [3.63, 3.8) is 0 Å². The summed E-state index contributed by atoms with van der Waals surface area (Å²) in [5.74, 6) is 0.309. The SMILES string of the molecule is N=Cc1nc(NCc2ccc(Cl)c(Cl)c2)[nH]c(=O)c1CCCCCCOCCOCCO. The topological polar surface area (TPSA) is 120 Å². The van der Waals surface area contributed by atoms with E-state index in [-0.39, 0.29) is 12.2 Å². The highest BCUT2D eigenvalue weighted by Crippen LogP contribution is 2.22. The van der Waals surface area contributed by atoms with Crippen LogP contribution in [0.3, 0.4) is 0 Å². The molecule has 0 aliphatic rings. The highest BCUT2D eigenvalue weighted by Gasteiger charge is 2.10. The number of aliphatic hydroxyl groups excluding tert-OH is 1. The van der Waals surface area contributed by atoms with Gasteiger partial charge in [0.2, 0.25) is 5.95 Å². The lowest BCUT2D eigenvalue weighted by molar-refractivity contribution is 0.0321. The van der Waals surface area contributed by atoms with E-state index in [4.69, 9.17) is 43.2 Å². The third-order valence-corrected chi connectivity index (χ3v) is 5.44. The molecule has 8 nitrogen and oxygen atoms in total. The Morgan fingerprint density at radius 2 is 1.81 bits per heavy atom. The van der Waals surface area contributed by atoms with Gasteiger partial charge in [-0.15, -0.1) is 0 Å². The van der Waals surface area contributed by atoms with Gasteiger partial charge in [0.15, 0.2) is 0 Å². The predicted octanol–water partition coefficient (Wildman–Crippen LogP) is 3.81. The first-order valence-electron chi connectivity index (χ1n) is 10.6. The number of hydrogen-bond acceptors (Lipinski definition) is 7. The van der Waals surface area contributed by atoms with Crippen LogP contribution >= 0.6 is 23.2 Å².